The van der Waals surface area contributed by atoms with Crippen LogP contribution < -0.4 is 0 Å². The van der Waals surface area contributed by atoms with Gasteiger partial charge in [-0.3, -0.25) is 0 Å². The highest BCUT2D eigenvalue weighted by molar-refractivity contribution is 8.12. The predicted molar refractivity (Wildman–Crippen MR) is 111 cm³/mol. The second-order valence-corrected chi connectivity index (χ2v) is 8.78. The molecule has 0 spiro atoms. The van der Waals surface area contributed by atoms with Crippen molar-refractivity contribution in [1.82, 2.24) is 0 Å². The van der Waals surface area contributed by atoms with E-state index in [4.69, 9.17) is 0 Å². The van der Waals surface area contributed by atoms with Gasteiger partial charge in [0.1, 0.15) is 17.5 Å². The van der Waals surface area contributed by atoms with E-state index in [1.807, 2.05) is 51.1 Å². The lowest BCUT2D eigenvalue weighted by Crippen LogP contribution is -2.10. The SMILES string of the molecule is C/C=C(/C)S/C(=C(\C)c1ccc(C(C)(C)C)cc1)c1c(F)cc(F)cc1F. The Morgan fingerprint density at radius 3 is 1.89 bits per heavy atom. The lowest BCUT2D eigenvalue weighted by atomic mass is 9.86. The first-order chi connectivity index (χ1) is 12.5. The fourth-order valence-electron chi connectivity index (χ4n) is 2.65. The van der Waals surface area contributed by atoms with Crippen molar-refractivity contribution in [3.63, 3.8) is 0 Å². The van der Waals surface area contributed by atoms with Crippen LogP contribution in [0, 0.1) is 17.5 Å². The smallest absolute Gasteiger partial charge is 0.137 e. The Labute approximate surface area is 164 Å². The van der Waals surface area contributed by atoms with E-state index in [2.05, 4.69) is 20.8 Å². The van der Waals surface area contributed by atoms with Crippen LogP contribution in [-0.4, -0.2) is 0 Å². The minimum atomic E-state index is -0.923. The molecule has 0 amide bonds. The summed E-state index contributed by atoms with van der Waals surface area (Å²) < 4.78 is 42.3. The monoisotopic (exact) mass is 390 g/mol. The second kappa shape index (κ2) is 8.39. The molecule has 0 atom stereocenters. The summed E-state index contributed by atoms with van der Waals surface area (Å²) in [5, 5.41) is 0. The van der Waals surface area contributed by atoms with Gasteiger partial charge in [0.25, 0.3) is 0 Å². The van der Waals surface area contributed by atoms with Gasteiger partial charge in [0, 0.05) is 17.0 Å². The number of benzene rings is 2. The molecule has 2 aromatic carbocycles. The lowest BCUT2D eigenvalue weighted by Gasteiger charge is -2.20. The van der Waals surface area contributed by atoms with Gasteiger partial charge in [0.15, 0.2) is 0 Å². The maximum absolute atomic E-state index is 14.5. The molecule has 2 aromatic rings. The van der Waals surface area contributed by atoms with Gasteiger partial charge in [-0.2, -0.15) is 0 Å². The van der Waals surface area contributed by atoms with E-state index in [0.29, 0.717) is 4.91 Å². The van der Waals surface area contributed by atoms with Crippen molar-refractivity contribution < 1.29 is 13.2 Å². The predicted octanol–water partition coefficient (Wildman–Crippen LogP) is 7.95. The zero-order chi connectivity index (χ0) is 20.4. The van der Waals surface area contributed by atoms with Crippen molar-refractivity contribution in [3.8, 4) is 0 Å². The molecule has 0 bridgehead atoms. The van der Waals surface area contributed by atoms with Gasteiger partial charge >= 0.3 is 0 Å². The summed E-state index contributed by atoms with van der Waals surface area (Å²) in [5.41, 5.74) is 2.62. The highest BCUT2D eigenvalue weighted by Crippen LogP contribution is 2.41. The molecule has 0 aliphatic carbocycles. The van der Waals surface area contributed by atoms with Crippen LogP contribution in [0.5, 0.6) is 0 Å². The Bertz CT molecular complexity index is 862. The average Bonchev–Trinajstić information content (AvgIpc) is 2.58. The summed E-state index contributed by atoms with van der Waals surface area (Å²) >= 11 is 1.28. The number of hydrogen-bond acceptors (Lipinski definition) is 1. The maximum atomic E-state index is 14.5. The van der Waals surface area contributed by atoms with Crippen LogP contribution in [0.3, 0.4) is 0 Å². The van der Waals surface area contributed by atoms with Crippen molar-refractivity contribution in [1.29, 1.82) is 0 Å². The van der Waals surface area contributed by atoms with Gasteiger partial charge in [0.05, 0.1) is 5.56 Å². The molecular weight excluding hydrogens is 365 g/mol. The summed E-state index contributed by atoms with van der Waals surface area (Å²) in [5.74, 6) is -2.72. The number of halogens is 3. The minimum absolute atomic E-state index is 0.0183. The highest BCUT2D eigenvalue weighted by atomic mass is 32.2. The summed E-state index contributed by atoms with van der Waals surface area (Å²) in [6, 6.07) is 9.42. The molecular formula is C23H25F3S. The molecule has 0 N–H and O–H groups in total. The van der Waals surface area contributed by atoms with Crippen LogP contribution in [-0.2, 0) is 5.41 Å². The first-order valence-electron chi connectivity index (χ1n) is 8.82. The molecule has 0 saturated carbocycles. The van der Waals surface area contributed by atoms with Crippen LogP contribution in [0.1, 0.15) is 58.2 Å². The Morgan fingerprint density at radius 1 is 0.926 bits per heavy atom. The van der Waals surface area contributed by atoms with E-state index in [-0.39, 0.29) is 11.0 Å². The fraction of sp³-hybridized carbons (Fsp3) is 0.304. The summed E-state index contributed by atoms with van der Waals surface area (Å²) in [4.78, 5) is 1.35. The van der Waals surface area contributed by atoms with E-state index < -0.39 is 17.5 Å². The van der Waals surface area contributed by atoms with E-state index in [0.717, 1.165) is 28.2 Å². The topological polar surface area (TPSA) is 0 Å². The van der Waals surface area contributed by atoms with Crippen molar-refractivity contribution in [2.45, 2.75) is 47.0 Å². The molecule has 4 heteroatoms. The summed E-state index contributed by atoms with van der Waals surface area (Å²) in [7, 11) is 0. The molecule has 27 heavy (non-hydrogen) atoms. The molecule has 0 aliphatic rings. The number of allylic oxidation sites excluding steroid dienone is 3. The number of rotatable bonds is 4. The number of hydrogen-bond donors (Lipinski definition) is 0. The molecule has 0 radical (unpaired) electrons. The zero-order valence-electron chi connectivity index (χ0n) is 16.6. The molecule has 2 rings (SSSR count). The standard InChI is InChI=1S/C23H25F3S/c1-7-14(2)27-22(21-19(25)12-18(24)13-20(21)26)15(3)16-8-10-17(11-9-16)23(4,5)6/h7-13H,1-6H3/b14-7-,22-15+. The molecule has 144 valence electrons. The quantitative estimate of drug-likeness (QED) is 0.477. The van der Waals surface area contributed by atoms with Gasteiger partial charge in [-0.1, -0.05) is 62.9 Å². The van der Waals surface area contributed by atoms with E-state index in [1.165, 1.54) is 17.3 Å². The molecule has 0 aromatic heterocycles. The van der Waals surface area contributed by atoms with Crippen LogP contribution in [0.4, 0.5) is 13.2 Å². The fourth-order valence-corrected chi connectivity index (χ4v) is 3.65. The third-order valence-corrected chi connectivity index (χ3v) is 5.70. The Balaban J connectivity index is 2.66. The molecule has 0 saturated heterocycles. The first kappa shape index (κ1) is 21.4. The molecule has 0 unspecified atom stereocenters. The van der Waals surface area contributed by atoms with Crippen molar-refractivity contribution in [2.24, 2.45) is 0 Å². The van der Waals surface area contributed by atoms with Crippen LogP contribution in [0.25, 0.3) is 10.5 Å². The summed E-state index contributed by atoms with van der Waals surface area (Å²) in [6.07, 6.45) is 1.87. The van der Waals surface area contributed by atoms with Crippen molar-refractivity contribution in [3.05, 3.63) is 81.5 Å². The Morgan fingerprint density at radius 2 is 1.44 bits per heavy atom. The summed E-state index contributed by atoms with van der Waals surface area (Å²) in [6.45, 7) is 12.0. The van der Waals surface area contributed by atoms with Gasteiger partial charge in [0.2, 0.25) is 0 Å². The van der Waals surface area contributed by atoms with E-state index in [9.17, 15) is 13.2 Å². The Hall–Kier alpha value is -1.94. The largest absolute Gasteiger partial charge is 0.207 e. The van der Waals surface area contributed by atoms with Crippen LogP contribution in [0.2, 0.25) is 0 Å². The molecule has 0 fully saturated rings. The first-order valence-corrected chi connectivity index (χ1v) is 9.63. The minimum Gasteiger partial charge on any atom is -0.207 e. The van der Waals surface area contributed by atoms with Crippen LogP contribution in [0.15, 0.2) is 47.4 Å². The van der Waals surface area contributed by atoms with Crippen LogP contribution >= 0.6 is 11.8 Å². The normalized spacial score (nSPS) is 13.6. The Kier molecular flexibility index (Phi) is 6.63. The molecule has 0 heterocycles. The van der Waals surface area contributed by atoms with Crippen molar-refractivity contribution >= 4 is 22.2 Å². The molecule has 0 nitrogen and oxygen atoms in total. The van der Waals surface area contributed by atoms with Gasteiger partial charge < -0.3 is 0 Å². The molecule has 0 aliphatic heterocycles. The zero-order valence-corrected chi connectivity index (χ0v) is 17.4. The third kappa shape index (κ3) is 5.07. The van der Waals surface area contributed by atoms with E-state index in [1.54, 1.807) is 0 Å². The van der Waals surface area contributed by atoms with Crippen molar-refractivity contribution in [2.75, 3.05) is 0 Å². The van der Waals surface area contributed by atoms with Gasteiger partial charge in [-0.25, -0.2) is 13.2 Å². The maximum Gasteiger partial charge on any atom is 0.137 e. The van der Waals surface area contributed by atoms with E-state index >= 15 is 0 Å². The third-order valence-electron chi connectivity index (χ3n) is 4.43. The lowest BCUT2D eigenvalue weighted by molar-refractivity contribution is 0.540. The average molecular weight is 391 g/mol. The highest BCUT2D eigenvalue weighted by Gasteiger charge is 2.20. The second-order valence-electron chi connectivity index (χ2n) is 7.53. The van der Waals surface area contributed by atoms with Gasteiger partial charge in [-0.05, 0) is 47.8 Å². The van der Waals surface area contributed by atoms with Gasteiger partial charge in [-0.15, -0.1) is 0 Å². The number of thioether (sulfide) groups is 1.